The molecule has 2 amide bonds. The van der Waals surface area contributed by atoms with Crippen molar-refractivity contribution in [1.82, 2.24) is 9.80 Å². The molecule has 0 aliphatic carbocycles. The first-order valence-corrected chi connectivity index (χ1v) is 8.34. The largest absolute Gasteiger partial charge is 0.341 e. The quantitative estimate of drug-likeness (QED) is 0.840. The first kappa shape index (κ1) is 17.1. The maximum absolute atomic E-state index is 13.3. The minimum absolute atomic E-state index is 0.00126. The Labute approximate surface area is 146 Å². The van der Waals surface area contributed by atoms with E-state index in [1.54, 1.807) is 29.0 Å². The third-order valence-electron chi connectivity index (χ3n) is 4.46. The van der Waals surface area contributed by atoms with E-state index in [1.165, 1.54) is 12.1 Å². The van der Waals surface area contributed by atoms with E-state index < -0.39 is 0 Å². The van der Waals surface area contributed by atoms with Crippen LogP contribution in [0.3, 0.4) is 0 Å². The summed E-state index contributed by atoms with van der Waals surface area (Å²) in [6, 6.07) is 16.0. The second-order valence-corrected chi connectivity index (χ2v) is 6.49. The number of nitrogens with zero attached hydrogens (tertiary/aromatic N) is 2. The van der Waals surface area contributed by atoms with E-state index >= 15 is 0 Å². The maximum Gasteiger partial charge on any atom is 0.228 e. The molecular weight excluding hydrogens is 319 g/mol. The number of carbonyl (C=O) groups excluding carboxylic acids is 2. The van der Waals surface area contributed by atoms with Gasteiger partial charge in [-0.25, -0.2) is 4.39 Å². The lowest BCUT2D eigenvalue weighted by Crippen LogP contribution is -2.34. The van der Waals surface area contributed by atoms with Crippen LogP contribution in [0.1, 0.15) is 17.5 Å². The highest BCUT2D eigenvalue weighted by Gasteiger charge is 2.35. The van der Waals surface area contributed by atoms with Crippen molar-refractivity contribution in [2.75, 3.05) is 13.6 Å². The van der Waals surface area contributed by atoms with Gasteiger partial charge < -0.3 is 9.80 Å². The molecular formula is C20H21FN2O2. The highest BCUT2D eigenvalue weighted by atomic mass is 19.1. The van der Waals surface area contributed by atoms with E-state index in [0.717, 1.165) is 11.1 Å². The van der Waals surface area contributed by atoms with Gasteiger partial charge in [-0.05, 0) is 23.3 Å². The third-order valence-corrected chi connectivity index (χ3v) is 4.46. The summed E-state index contributed by atoms with van der Waals surface area (Å²) < 4.78 is 13.3. The summed E-state index contributed by atoms with van der Waals surface area (Å²) in [7, 11) is 1.69. The molecule has 1 aliphatic rings. The molecule has 0 radical (unpaired) electrons. The maximum atomic E-state index is 13.3. The van der Waals surface area contributed by atoms with Gasteiger partial charge in [-0.3, -0.25) is 9.59 Å². The highest BCUT2D eigenvalue weighted by Crippen LogP contribution is 2.22. The van der Waals surface area contributed by atoms with Gasteiger partial charge >= 0.3 is 0 Å². The Morgan fingerprint density at radius 1 is 1.16 bits per heavy atom. The molecule has 2 aromatic carbocycles. The Morgan fingerprint density at radius 2 is 1.88 bits per heavy atom. The van der Waals surface area contributed by atoms with Crippen LogP contribution in [0.5, 0.6) is 0 Å². The number of carbonyl (C=O) groups is 2. The second-order valence-electron chi connectivity index (χ2n) is 6.49. The van der Waals surface area contributed by atoms with Crippen molar-refractivity contribution < 1.29 is 14.0 Å². The molecule has 1 saturated heterocycles. The molecule has 4 nitrogen and oxygen atoms in total. The van der Waals surface area contributed by atoms with Crippen LogP contribution in [0, 0.1) is 11.7 Å². The van der Waals surface area contributed by atoms with Gasteiger partial charge in [-0.1, -0.05) is 42.5 Å². The third kappa shape index (κ3) is 4.24. The SMILES string of the molecule is CN(Cc1cccc(F)c1)C(=O)[C@@H]1CC(=O)N(Cc2ccccc2)C1. The summed E-state index contributed by atoms with van der Waals surface area (Å²) in [6.07, 6.45) is 0.235. The normalized spacial score (nSPS) is 17.0. The molecule has 130 valence electrons. The van der Waals surface area contributed by atoms with Crippen LogP contribution in [-0.2, 0) is 22.7 Å². The van der Waals surface area contributed by atoms with Crippen molar-refractivity contribution in [3.63, 3.8) is 0 Å². The van der Waals surface area contributed by atoms with Gasteiger partial charge in [0.25, 0.3) is 0 Å². The molecule has 1 heterocycles. The molecule has 3 rings (SSSR count). The van der Waals surface area contributed by atoms with E-state index in [-0.39, 0.29) is 30.0 Å². The first-order valence-electron chi connectivity index (χ1n) is 8.34. The molecule has 0 N–H and O–H groups in total. The van der Waals surface area contributed by atoms with Gasteiger partial charge in [0, 0.05) is 33.1 Å². The molecule has 0 aromatic heterocycles. The molecule has 0 unspecified atom stereocenters. The van der Waals surface area contributed by atoms with Gasteiger partial charge in [0.15, 0.2) is 0 Å². The van der Waals surface area contributed by atoms with E-state index in [2.05, 4.69) is 0 Å². The average molecular weight is 340 g/mol. The molecule has 25 heavy (non-hydrogen) atoms. The zero-order valence-electron chi connectivity index (χ0n) is 14.2. The summed E-state index contributed by atoms with van der Waals surface area (Å²) in [5, 5.41) is 0. The zero-order chi connectivity index (χ0) is 17.8. The lowest BCUT2D eigenvalue weighted by Gasteiger charge is -2.21. The van der Waals surface area contributed by atoms with E-state index in [1.807, 2.05) is 30.3 Å². The molecule has 1 atom stereocenters. The lowest BCUT2D eigenvalue weighted by molar-refractivity contribution is -0.135. The van der Waals surface area contributed by atoms with Crippen LogP contribution in [0.2, 0.25) is 0 Å². The molecule has 0 spiro atoms. The monoisotopic (exact) mass is 340 g/mol. The van der Waals surface area contributed by atoms with Gasteiger partial charge in [-0.15, -0.1) is 0 Å². The first-order chi connectivity index (χ1) is 12.0. The van der Waals surface area contributed by atoms with Gasteiger partial charge in [0.2, 0.25) is 11.8 Å². The minimum Gasteiger partial charge on any atom is -0.341 e. The summed E-state index contributed by atoms with van der Waals surface area (Å²) in [4.78, 5) is 28.2. The predicted octanol–water partition coefficient (Wildman–Crippen LogP) is 2.83. The van der Waals surface area contributed by atoms with Crippen molar-refractivity contribution in [3.05, 3.63) is 71.5 Å². The number of likely N-dealkylation sites (tertiary alicyclic amines) is 1. The summed E-state index contributed by atoms with van der Waals surface area (Å²) >= 11 is 0. The fourth-order valence-electron chi connectivity index (χ4n) is 3.19. The molecule has 0 saturated carbocycles. The number of hydrogen-bond acceptors (Lipinski definition) is 2. The van der Waals surface area contributed by atoms with E-state index in [4.69, 9.17) is 0 Å². The summed E-state index contributed by atoms with van der Waals surface area (Å²) in [5.41, 5.74) is 1.79. The minimum atomic E-state index is -0.338. The van der Waals surface area contributed by atoms with Crippen LogP contribution in [0.4, 0.5) is 4.39 Å². The molecule has 2 aromatic rings. The standard InChI is InChI=1S/C20H21FN2O2/c1-22(12-16-8-5-9-18(21)10-16)20(25)17-11-19(24)23(14-17)13-15-6-3-2-4-7-15/h2-10,17H,11-14H2,1H3/t17-/m1/s1. The zero-order valence-corrected chi connectivity index (χ0v) is 14.2. The fourth-order valence-corrected chi connectivity index (χ4v) is 3.19. The number of amides is 2. The van der Waals surface area contributed by atoms with Crippen molar-refractivity contribution in [1.29, 1.82) is 0 Å². The van der Waals surface area contributed by atoms with Gasteiger partial charge in [-0.2, -0.15) is 0 Å². The van der Waals surface area contributed by atoms with Gasteiger partial charge in [0.1, 0.15) is 5.82 Å². The van der Waals surface area contributed by atoms with Crippen molar-refractivity contribution in [2.45, 2.75) is 19.5 Å². The summed E-state index contributed by atoms with van der Waals surface area (Å²) in [6.45, 7) is 1.29. The van der Waals surface area contributed by atoms with Crippen molar-refractivity contribution in [3.8, 4) is 0 Å². The van der Waals surface area contributed by atoms with Crippen molar-refractivity contribution in [2.24, 2.45) is 5.92 Å². The van der Waals surface area contributed by atoms with Crippen LogP contribution in [0.25, 0.3) is 0 Å². The Balaban J connectivity index is 1.60. The smallest absolute Gasteiger partial charge is 0.228 e. The second kappa shape index (κ2) is 7.47. The van der Waals surface area contributed by atoms with Crippen LogP contribution < -0.4 is 0 Å². The molecule has 1 fully saturated rings. The van der Waals surface area contributed by atoms with E-state index in [9.17, 15) is 14.0 Å². The Kier molecular flexibility index (Phi) is 5.12. The number of hydrogen-bond donors (Lipinski definition) is 0. The fraction of sp³-hybridized carbons (Fsp3) is 0.300. The number of rotatable bonds is 5. The summed E-state index contributed by atoms with van der Waals surface area (Å²) in [5.74, 6) is -0.729. The molecule has 1 aliphatic heterocycles. The predicted molar refractivity (Wildman–Crippen MR) is 92.8 cm³/mol. The average Bonchev–Trinajstić information content (AvgIpc) is 2.96. The molecule has 5 heteroatoms. The van der Waals surface area contributed by atoms with E-state index in [0.29, 0.717) is 19.6 Å². The lowest BCUT2D eigenvalue weighted by atomic mass is 10.1. The molecule has 0 bridgehead atoms. The van der Waals surface area contributed by atoms with Gasteiger partial charge in [0.05, 0.1) is 5.92 Å². The van der Waals surface area contributed by atoms with Crippen LogP contribution in [0.15, 0.2) is 54.6 Å². The van der Waals surface area contributed by atoms with Crippen molar-refractivity contribution >= 4 is 11.8 Å². The van der Waals surface area contributed by atoms with Crippen LogP contribution in [-0.4, -0.2) is 35.2 Å². The Hall–Kier alpha value is -2.69. The topological polar surface area (TPSA) is 40.6 Å². The highest BCUT2D eigenvalue weighted by molar-refractivity contribution is 5.89. The van der Waals surface area contributed by atoms with Crippen LogP contribution >= 0.6 is 0 Å². The number of halogens is 1. The Bertz CT molecular complexity index is 763. The Morgan fingerprint density at radius 3 is 2.60 bits per heavy atom. The number of benzene rings is 2.